The van der Waals surface area contributed by atoms with E-state index in [0.29, 0.717) is 13.1 Å². The molecule has 5 heteroatoms. The molecule has 0 N–H and O–H groups in total. The fraction of sp³-hybridized carbons (Fsp3) is 0.600. The molecular formula is C15H19FN2O2. The maximum atomic E-state index is 14.0. The first kappa shape index (κ1) is 13.5. The zero-order chi connectivity index (χ0) is 14.2. The summed E-state index contributed by atoms with van der Waals surface area (Å²) < 4.78 is 19.8. The van der Waals surface area contributed by atoms with Gasteiger partial charge in [-0.25, -0.2) is 4.39 Å². The van der Waals surface area contributed by atoms with Gasteiger partial charge in [-0.2, -0.15) is 0 Å². The summed E-state index contributed by atoms with van der Waals surface area (Å²) >= 11 is 0. The van der Waals surface area contributed by atoms with Crippen LogP contribution in [0.4, 0.5) is 4.39 Å². The minimum Gasteiger partial charge on any atom is -0.375 e. The summed E-state index contributed by atoms with van der Waals surface area (Å²) in [5.74, 6) is -0.740. The topological polar surface area (TPSA) is 42.4 Å². The Morgan fingerprint density at radius 2 is 2.15 bits per heavy atom. The first-order valence-electron chi connectivity index (χ1n) is 7.16. The molecule has 3 heterocycles. The van der Waals surface area contributed by atoms with Crippen molar-refractivity contribution in [1.29, 1.82) is 0 Å². The molecule has 1 spiro atoms. The van der Waals surface area contributed by atoms with Crippen LogP contribution in [-0.2, 0) is 4.74 Å². The monoisotopic (exact) mass is 278 g/mol. The number of aromatic nitrogens is 1. The highest BCUT2D eigenvalue weighted by molar-refractivity contribution is 5.94. The van der Waals surface area contributed by atoms with Gasteiger partial charge in [-0.05, 0) is 38.7 Å². The number of hydrogen-bond donors (Lipinski definition) is 0. The Labute approximate surface area is 117 Å². The smallest absolute Gasteiger partial charge is 0.256 e. The standard InChI is InChI=1S/C15H19FN2O2/c1-11-13(16)12(3-7-17-11)14(19)18-8-5-15(6-9-18)4-2-10-20-15/h3,7H,2,4-6,8-10H2,1H3. The molecule has 4 nitrogen and oxygen atoms in total. The number of carbonyl (C=O) groups is 1. The van der Waals surface area contributed by atoms with Crippen LogP contribution < -0.4 is 0 Å². The maximum Gasteiger partial charge on any atom is 0.256 e. The van der Waals surface area contributed by atoms with Crippen molar-refractivity contribution in [2.24, 2.45) is 0 Å². The number of hydrogen-bond acceptors (Lipinski definition) is 3. The molecule has 0 radical (unpaired) electrons. The Morgan fingerprint density at radius 3 is 2.80 bits per heavy atom. The molecule has 2 aliphatic heterocycles. The number of pyridine rings is 1. The van der Waals surface area contributed by atoms with Crippen LogP contribution in [0.1, 0.15) is 41.7 Å². The lowest BCUT2D eigenvalue weighted by atomic mass is 9.88. The Balaban J connectivity index is 1.71. The Kier molecular flexibility index (Phi) is 3.46. The summed E-state index contributed by atoms with van der Waals surface area (Å²) in [5.41, 5.74) is 0.368. The molecule has 0 atom stereocenters. The summed E-state index contributed by atoms with van der Waals surface area (Å²) in [5, 5.41) is 0. The number of amides is 1. The van der Waals surface area contributed by atoms with Crippen molar-refractivity contribution in [1.82, 2.24) is 9.88 Å². The third kappa shape index (κ3) is 2.30. The highest BCUT2D eigenvalue weighted by Gasteiger charge is 2.39. The molecule has 3 rings (SSSR count). The number of nitrogens with zero attached hydrogens (tertiary/aromatic N) is 2. The van der Waals surface area contributed by atoms with Gasteiger partial charge in [-0.1, -0.05) is 0 Å². The van der Waals surface area contributed by atoms with Crippen LogP contribution >= 0.6 is 0 Å². The van der Waals surface area contributed by atoms with Gasteiger partial charge >= 0.3 is 0 Å². The maximum absolute atomic E-state index is 14.0. The van der Waals surface area contributed by atoms with Crippen LogP contribution in [0.15, 0.2) is 12.3 Å². The Morgan fingerprint density at radius 1 is 1.40 bits per heavy atom. The van der Waals surface area contributed by atoms with E-state index in [4.69, 9.17) is 4.74 Å². The second-order valence-electron chi connectivity index (χ2n) is 5.69. The van der Waals surface area contributed by atoms with Crippen LogP contribution in [0, 0.1) is 12.7 Å². The summed E-state index contributed by atoms with van der Waals surface area (Å²) in [6, 6.07) is 1.46. The number of halogens is 1. The molecule has 1 aromatic heterocycles. The lowest BCUT2D eigenvalue weighted by Crippen LogP contribution is -2.46. The van der Waals surface area contributed by atoms with Gasteiger partial charge in [-0.3, -0.25) is 9.78 Å². The van der Waals surface area contributed by atoms with Crippen molar-refractivity contribution in [3.63, 3.8) is 0 Å². The number of rotatable bonds is 1. The first-order valence-corrected chi connectivity index (χ1v) is 7.16. The van der Waals surface area contributed by atoms with Gasteiger partial charge in [0.15, 0.2) is 5.82 Å². The lowest BCUT2D eigenvalue weighted by molar-refractivity contribution is -0.0388. The quantitative estimate of drug-likeness (QED) is 0.791. The number of aryl methyl sites for hydroxylation is 1. The molecule has 2 fully saturated rings. The van der Waals surface area contributed by atoms with E-state index in [9.17, 15) is 9.18 Å². The van der Waals surface area contributed by atoms with Gasteiger partial charge in [0, 0.05) is 25.9 Å². The van der Waals surface area contributed by atoms with Gasteiger partial charge < -0.3 is 9.64 Å². The number of ether oxygens (including phenoxy) is 1. The van der Waals surface area contributed by atoms with E-state index in [2.05, 4.69) is 4.98 Å². The minimum atomic E-state index is -0.505. The molecule has 0 aliphatic carbocycles. The van der Waals surface area contributed by atoms with E-state index >= 15 is 0 Å². The molecular weight excluding hydrogens is 259 g/mol. The second kappa shape index (κ2) is 5.13. The third-order valence-electron chi connectivity index (χ3n) is 4.44. The van der Waals surface area contributed by atoms with Crippen LogP contribution in [0.2, 0.25) is 0 Å². The lowest BCUT2D eigenvalue weighted by Gasteiger charge is -2.38. The summed E-state index contributed by atoms with van der Waals surface area (Å²) in [7, 11) is 0. The van der Waals surface area contributed by atoms with E-state index in [-0.39, 0.29) is 22.8 Å². The van der Waals surface area contributed by atoms with E-state index in [1.807, 2.05) is 0 Å². The van der Waals surface area contributed by atoms with E-state index < -0.39 is 5.82 Å². The fourth-order valence-electron chi connectivity index (χ4n) is 3.15. The van der Waals surface area contributed by atoms with Crippen molar-refractivity contribution in [3.05, 3.63) is 29.3 Å². The van der Waals surface area contributed by atoms with Gasteiger partial charge in [0.2, 0.25) is 0 Å². The molecule has 0 bridgehead atoms. The molecule has 0 unspecified atom stereocenters. The average Bonchev–Trinajstić information content (AvgIpc) is 2.90. The average molecular weight is 278 g/mol. The summed E-state index contributed by atoms with van der Waals surface area (Å²) in [6.45, 7) is 3.68. The van der Waals surface area contributed by atoms with Gasteiger partial charge in [-0.15, -0.1) is 0 Å². The van der Waals surface area contributed by atoms with E-state index in [0.717, 1.165) is 32.3 Å². The number of piperidine rings is 1. The highest BCUT2D eigenvalue weighted by Crippen LogP contribution is 2.36. The summed E-state index contributed by atoms with van der Waals surface area (Å²) in [6.07, 6.45) is 5.37. The fourth-order valence-corrected chi connectivity index (χ4v) is 3.15. The van der Waals surface area contributed by atoms with Crippen molar-refractivity contribution >= 4 is 5.91 Å². The molecule has 108 valence electrons. The first-order chi connectivity index (χ1) is 9.61. The van der Waals surface area contributed by atoms with Crippen molar-refractivity contribution < 1.29 is 13.9 Å². The van der Waals surface area contributed by atoms with Crippen molar-refractivity contribution in [3.8, 4) is 0 Å². The van der Waals surface area contributed by atoms with Crippen LogP contribution in [-0.4, -0.2) is 41.1 Å². The molecule has 2 saturated heterocycles. The SMILES string of the molecule is Cc1nccc(C(=O)N2CCC3(CCCO3)CC2)c1F. The minimum absolute atomic E-state index is 0.0243. The Hall–Kier alpha value is -1.49. The Bertz CT molecular complexity index is 517. The second-order valence-corrected chi connectivity index (χ2v) is 5.69. The predicted molar refractivity (Wildman–Crippen MR) is 72.0 cm³/mol. The van der Waals surface area contributed by atoms with Gasteiger partial charge in [0.1, 0.15) is 0 Å². The van der Waals surface area contributed by atoms with E-state index in [1.165, 1.54) is 12.3 Å². The molecule has 1 amide bonds. The van der Waals surface area contributed by atoms with Gasteiger partial charge in [0.25, 0.3) is 5.91 Å². The van der Waals surface area contributed by atoms with E-state index in [1.54, 1.807) is 11.8 Å². The normalized spacial score (nSPS) is 21.4. The zero-order valence-electron chi connectivity index (χ0n) is 11.7. The zero-order valence-corrected chi connectivity index (χ0v) is 11.7. The number of likely N-dealkylation sites (tertiary alicyclic amines) is 1. The van der Waals surface area contributed by atoms with Crippen LogP contribution in [0.3, 0.4) is 0 Å². The molecule has 20 heavy (non-hydrogen) atoms. The number of carbonyl (C=O) groups excluding carboxylic acids is 1. The van der Waals surface area contributed by atoms with Crippen molar-refractivity contribution in [2.45, 2.75) is 38.2 Å². The summed E-state index contributed by atoms with van der Waals surface area (Å²) in [4.78, 5) is 18.0. The van der Waals surface area contributed by atoms with Crippen LogP contribution in [0.25, 0.3) is 0 Å². The highest BCUT2D eigenvalue weighted by atomic mass is 19.1. The molecule has 0 aromatic carbocycles. The third-order valence-corrected chi connectivity index (χ3v) is 4.44. The molecule has 0 saturated carbocycles. The van der Waals surface area contributed by atoms with Crippen LogP contribution in [0.5, 0.6) is 0 Å². The predicted octanol–water partition coefficient (Wildman–Crippen LogP) is 2.31. The molecule has 2 aliphatic rings. The molecule has 1 aromatic rings. The largest absolute Gasteiger partial charge is 0.375 e. The van der Waals surface area contributed by atoms with Crippen molar-refractivity contribution in [2.75, 3.05) is 19.7 Å². The van der Waals surface area contributed by atoms with Gasteiger partial charge in [0.05, 0.1) is 16.9 Å².